The number of hydrogen-bond donors (Lipinski definition) is 2. The maximum atomic E-state index is 5.99. The second-order valence-electron chi connectivity index (χ2n) is 4.27. The van der Waals surface area contributed by atoms with E-state index >= 15 is 0 Å². The van der Waals surface area contributed by atoms with Crippen LogP contribution in [0.5, 0.6) is 0 Å². The second kappa shape index (κ2) is 4.64. The van der Waals surface area contributed by atoms with Gasteiger partial charge in [0, 0.05) is 18.5 Å². The maximum Gasteiger partial charge on any atom is 0.0116 e. The molecule has 0 heterocycles. The lowest BCUT2D eigenvalue weighted by atomic mass is 9.89. The molecular weight excluding hydrogens is 196 g/mol. The van der Waals surface area contributed by atoms with Crippen molar-refractivity contribution in [3.05, 3.63) is 48.0 Å². The molecule has 0 spiro atoms. The Morgan fingerprint density at radius 2 is 1.75 bits per heavy atom. The Morgan fingerprint density at radius 3 is 2.44 bits per heavy atom. The molecule has 2 atom stereocenters. The van der Waals surface area contributed by atoms with Gasteiger partial charge in [0.15, 0.2) is 0 Å². The molecule has 2 unspecified atom stereocenters. The zero-order valence-electron chi connectivity index (χ0n) is 9.56. The van der Waals surface area contributed by atoms with Crippen LogP contribution in [0.4, 0.5) is 0 Å². The van der Waals surface area contributed by atoms with Crippen LogP contribution in [0.3, 0.4) is 0 Å². The summed E-state index contributed by atoms with van der Waals surface area (Å²) in [6, 6.07) is 14.8. The van der Waals surface area contributed by atoms with Crippen LogP contribution in [0.25, 0.3) is 10.8 Å². The molecule has 0 radical (unpaired) electrons. The summed E-state index contributed by atoms with van der Waals surface area (Å²) in [6.45, 7) is 2.60. The molecule has 4 N–H and O–H groups in total. The molecule has 0 aromatic heterocycles. The summed E-state index contributed by atoms with van der Waals surface area (Å²) >= 11 is 0. The third kappa shape index (κ3) is 1.94. The number of hydrogen-bond acceptors (Lipinski definition) is 2. The molecule has 2 aromatic carbocycles. The van der Waals surface area contributed by atoms with Crippen molar-refractivity contribution >= 4 is 10.8 Å². The van der Waals surface area contributed by atoms with Gasteiger partial charge in [0.1, 0.15) is 0 Å². The van der Waals surface area contributed by atoms with Crippen molar-refractivity contribution in [3.8, 4) is 0 Å². The quantitative estimate of drug-likeness (QED) is 0.823. The first kappa shape index (κ1) is 11.1. The summed E-state index contributed by atoms with van der Waals surface area (Å²) in [5, 5.41) is 2.51. The zero-order valence-corrected chi connectivity index (χ0v) is 9.56. The smallest absolute Gasteiger partial charge is 0.0116 e. The first-order valence-electron chi connectivity index (χ1n) is 5.67. The first-order chi connectivity index (χ1) is 7.74. The van der Waals surface area contributed by atoms with Gasteiger partial charge in [-0.1, -0.05) is 42.5 Å². The SMILES string of the molecule is CC(N)C(CN)c1cccc2ccccc12. The van der Waals surface area contributed by atoms with Gasteiger partial charge < -0.3 is 11.5 Å². The van der Waals surface area contributed by atoms with Crippen LogP contribution in [0.2, 0.25) is 0 Å². The van der Waals surface area contributed by atoms with Crippen LogP contribution in [0.1, 0.15) is 18.4 Å². The van der Waals surface area contributed by atoms with E-state index < -0.39 is 0 Å². The van der Waals surface area contributed by atoms with Crippen molar-refractivity contribution in [3.63, 3.8) is 0 Å². The van der Waals surface area contributed by atoms with Gasteiger partial charge in [-0.25, -0.2) is 0 Å². The number of fused-ring (bicyclic) bond motifs is 1. The highest BCUT2D eigenvalue weighted by Gasteiger charge is 2.16. The van der Waals surface area contributed by atoms with Gasteiger partial charge in [-0.2, -0.15) is 0 Å². The monoisotopic (exact) mass is 214 g/mol. The normalized spacial score (nSPS) is 14.9. The fraction of sp³-hybridized carbons (Fsp3) is 0.286. The summed E-state index contributed by atoms with van der Waals surface area (Å²) in [4.78, 5) is 0. The Kier molecular flexibility index (Phi) is 3.22. The van der Waals surface area contributed by atoms with Gasteiger partial charge in [-0.3, -0.25) is 0 Å². The summed E-state index contributed by atoms with van der Waals surface area (Å²) in [5.74, 6) is 0.228. The van der Waals surface area contributed by atoms with Crippen molar-refractivity contribution in [2.75, 3.05) is 6.54 Å². The fourth-order valence-electron chi connectivity index (χ4n) is 2.20. The van der Waals surface area contributed by atoms with Crippen LogP contribution in [0, 0.1) is 0 Å². The Morgan fingerprint density at radius 1 is 1.06 bits per heavy atom. The molecule has 16 heavy (non-hydrogen) atoms. The van der Waals surface area contributed by atoms with Crippen molar-refractivity contribution < 1.29 is 0 Å². The molecule has 0 aliphatic heterocycles. The first-order valence-corrected chi connectivity index (χ1v) is 5.67. The zero-order chi connectivity index (χ0) is 11.5. The van der Waals surface area contributed by atoms with Crippen LogP contribution in [-0.2, 0) is 0 Å². The number of rotatable bonds is 3. The predicted molar refractivity (Wildman–Crippen MR) is 69.4 cm³/mol. The minimum atomic E-state index is 0.0795. The molecular formula is C14H18N2. The molecule has 0 saturated heterocycles. The van der Waals surface area contributed by atoms with Crippen LogP contribution in [-0.4, -0.2) is 12.6 Å². The summed E-state index contributed by atoms with van der Waals surface area (Å²) in [6.07, 6.45) is 0. The standard InChI is InChI=1S/C14H18N2/c1-10(16)14(9-15)13-8-4-6-11-5-2-3-7-12(11)13/h2-8,10,14H,9,15-16H2,1H3. The van der Waals surface area contributed by atoms with Gasteiger partial charge in [-0.05, 0) is 23.3 Å². The van der Waals surface area contributed by atoms with Crippen molar-refractivity contribution in [1.29, 1.82) is 0 Å². The Hall–Kier alpha value is -1.38. The molecule has 0 saturated carbocycles. The van der Waals surface area contributed by atoms with Crippen LogP contribution < -0.4 is 11.5 Å². The fourth-order valence-corrected chi connectivity index (χ4v) is 2.20. The second-order valence-corrected chi connectivity index (χ2v) is 4.27. The van der Waals surface area contributed by atoms with Crippen LogP contribution in [0.15, 0.2) is 42.5 Å². The third-order valence-corrected chi connectivity index (χ3v) is 3.11. The maximum absolute atomic E-state index is 5.99. The average molecular weight is 214 g/mol. The van der Waals surface area contributed by atoms with Gasteiger partial charge in [0.25, 0.3) is 0 Å². The van der Waals surface area contributed by atoms with Crippen molar-refractivity contribution in [2.45, 2.75) is 18.9 Å². The highest BCUT2D eigenvalue weighted by atomic mass is 14.7. The predicted octanol–water partition coefficient (Wildman–Crippen LogP) is 2.23. The molecule has 0 aliphatic carbocycles. The van der Waals surface area contributed by atoms with Gasteiger partial charge >= 0.3 is 0 Å². The molecule has 0 aliphatic rings. The molecule has 2 aromatic rings. The lowest BCUT2D eigenvalue weighted by molar-refractivity contribution is 0.580. The molecule has 2 heteroatoms. The molecule has 84 valence electrons. The topological polar surface area (TPSA) is 52.0 Å². The lowest BCUT2D eigenvalue weighted by Gasteiger charge is -2.21. The van der Waals surface area contributed by atoms with Gasteiger partial charge in [0.05, 0.1) is 0 Å². The van der Waals surface area contributed by atoms with Gasteiger partial charge in [0.2, 0.25) is 0 Å². The highest BCUT2D eigenvalue weighted by Crippen LogP contribution is 2.26. The summed E-state index contributed by atoms with van der Waals surface area (Å²) in [5.41, 5.74) is 13.1. The number of benzene rings is 2. The summed E-state index contributed by atoms with van der Waals surface area (Å²) < 4.78 is 0. The van der Waals surface area contributed by atoms with Crippen LogP contribution >= 0.6 is 0 Å². The third-order valence-electron chi connectivity index (χ3n) is 3.11. The van der Waals surface area contributed by atoms with Crippen molar-refractivity contribution in [2.24, 2.45) is 11.5 Å². The minimum Gasteiger partial charge on any atom is -0.330 e. The Labute approximate surface area is 96.3 Å². The Balaban J connectivity index is 2.59. The van der Waals surface area contributed by atoms with E-state index in [-0.39, 0.29) is 12.0 Å². The van der Waals surface area contributed by atoms with E-state index in [4.69, 9.17) is 11.5 Å². The number of nitrogens with two attached hydrogens (primary N) is 2. The molecule has 0 amide bonds. The molecule has 2 rings (SSSR count). The van der Waals surface area contributed by atoms with Crippen molar-refractivity contribution in [1.82, 2.24) is 0 Å². The van der Waals surface area contributed by atoms with E-state index in [1.807, 2.05) is 6.92 Å². The van der Waals surface area contributed by atoms with E-state index in [2.05, 4.69) is 42.5 Å². The minimum absolute atomic E-state index is 0.0795. The lowest BCUT2D eigenvalue weighted by Crippen LogP contribution is -2.30. The highest BCUT2D eigenvalue weighted by molar-refractivity contribution is 5.86. The largest absolute Gasteiger partial charge is 0.330 e. The molecule has 0 fully saturated rings. The van der Waals surface area contributed by atoms with E-state index in [0.29, 0.717) is 6.54 Å². The summed E-state index contributed by atoms with van der Waals surface area (Å²) in [7, 11) is 0. The van der Waals surface area contributed by atoms with E-state index in [1.165, 1.54) is 16.3 Å². The molecule has 2 nitrogen and oxygen atoms in total. The van der Waals surface area contributed by atoms with E-state index in [1.54, 1.807) is 0 Å². The Bertz CT molecular complexity index is 472. The van der Waals surface area contributed by atoms with E-state index in [0.717, 1.165) is 0 Å². The average Bonchev–Trinajstić information content (AvgIpc) is 2.30. The molecule has 0 bridgehead atoms. The van der Waals surface area contributed by atoms with E-state index in [9.17, 15) is 0 Å². The van der Waals surface area contributed by atoms with Gasteiger partial charge in [-0.15, -0.1) is 0 Å².